The summed E-state index contributed by atoms with van der Waals surface area (Å²) < 4.78 is 70.2. The van der Waals surface area contributed by atoms with Gasteiger partial charge >= 0.3 is 5.97 Å². The molecule has 0 unspecified atom stereocenters. The van der Waals surface area contributed by atoms with Crippen LogP contribution in [0.5, 0.6) is 0 Å². The fourth-order valence-corrected chi connectivity index (χ4v) is 11.3. The number of rotatable bonds is 9. The third-order valence-corrected chi connectivity index (χ3v) is 15.2. The smallest absolute Gasteiger partial charge is 0.316 e. The summed E-state index contributed by atoms with van der Waals surface area (Å²) in [7, 11) is 4.86. The Kier molecular flexibility index (Phi) is 15.7. The van der Waals surface area contributed by atoms with Gasteiger partial charge in [-0.2, -0.15) is 0 Å². The fourth-order valence-electron chi connectivity index (χ4n) is 11.3. The lowest BCUT2D eigenvalue weighted by molar-refractivity contribution is -0.340. The highest BCUT2D eigenvalue weighted by Gasteiger charge is 2.61. The molecular formula is C49H76O14. The molecule has 14 heteroatoms. The Labute approximate surface area is 374 Å². The van der Waals surface area contributed by atoms with Crippen LogP contribution in [-0.4, -0.2) is 135 Å². The zero-order valence-corrected chi connectivity index (χ0v) is 39.4. The van der Waals surface area contributed by atoms with Crippen molar-refractivity contribution in [1.29, 1.82) is 0 Å². The highest BCUT2D eigenvalue weighted by Crippen LogP contribution is 2.50. The van der Waals surface area contributed by atoms with Crippen molar-refractivity contribution in [2.45, 2.75) is 198 Å². The van der Waals surface area contributed by atoms with Crippen molar-refractivity contribution in [3.63, 3.8) is 0 Å². The second-order valence-electron chi connectivity index (χ2n) is 19.6. The van der Waals surface area contributed by atoms with E-state index in [9.17, 15) is 15.0 Å². The second-order valence-corrected chi connectivity index (χ2v) is 19.6. The monoisotopic (exact) mass is 889 g/mol. The van der Waals surface area contributed by atoms with Crippen LogP contribution in [0.25, 0.3) is 0 Å². The van der Waals surface area contributed by atoms with Gasteiger partial charge < -0.3 is 62.3 Å². The Balaban J connectivity index is 1.18. The predicted octanol–water partition coefficient (Wildman–Crippen LogP) is 6.46. The van der Waals surface area contributed by atoms with E-state index in [1.165, 1.54) is 0 Å². The van der Waals surface area contributed by atoms with Crippen LogP contribution in [0.4, 0.5) is 0 Å². The van der Waals surface area contributed by atoms with Crippen molar-refractivity contribution in [3.8, 4) is 0 Å². The number of aliphatic hydroxyl groups is 2. The van der Waals surface area contributed by atoms with Gasteiger partial charge in [-0.3, -0.25) is 4.79 Å². The van der Waals surface area contributed by atoms with Crippen molar-refractivity contribution in [2.24, 2.45) is 29.6 Å². The quantitative estimate of drug-likeness (QED) is 0.192. The van der Waals surface area contributed by atoms with E-state index >= 15 is 0 Å². The maximum absolute atomic E-state index is 14.5. The summed E-state index contributed by atoms with van der Waals surface area (Å²) >= 11 is 0. The minimum absolute atomic E-state index is 0.00634. The van der Waals surface area contributed by atoms with Gasteiger partial charge in [0, 0.05) is 59.4 Å². The van der Waals surface area contributed by atoms with Crippen LogP contribution < -0.4 is 0 Å². The molecule has 0 radical (unpaired) electrons. The molecule has 0 aromatic heterocycles. The van der Waals surface area contributed by atoms with Crippen LogP contribution in [0.15, 0.2) is 47.3 Å². The average Bonchev–Trinajstić information content (AvgIpc) is 3.59. The number of aliphatic hydroxyl groups excluding tert-OH is 1. The first-order chi connectivity index (χ1) is 30.0. The molecule has 356 valence electrons. The first kappa shape index (κ1) is 48.7. The van der Waals surface area contributed by atoms with Crippen LogP contribution in [0, 0.1) is 29.6 Å². The first-order valence-corrected chi connectivity index (χ1v) is 23.6. The lowest BCUT2D eigenvalue weighted by atomic mass is 9.68. The van der Waals surface area contributed by atoms with Gasteiger partial charge in [0.1, 0.15) is 35.6 Å². The fraction of sp³-hybridized carbons (Fsp3) is 0.816. The van der Waals surface area contributed by atoms with Gasteiger partial charge in [-0.15, -0.1) is 0 Å². The maximum atomic E-state index is 14.5. The molecule has 2 bridgehead atoms. The van der Waals surface area contributed by atoms with E-state index in [0.717, 1.165) is 24.0 Å². The van der Waals surface area contributed by atoms with Gasteiger partial charge in [-0.1, -0.05) is 58.4 Å². The SMILES string of the molecule is CC[C@H](C)[C@H]1O[C@]2(CC[C@@H]1C)C[C@@H]1C[C@@H](CC=C(C)[C@@H](O[C@H]3C[C@H](OC)[C@@H](O[C@H]4C[C@H](OC)[C@@H](O)[C@H](C)O4)[C@H](C)O3)[C@@H](C)C=CC=C3OC[C@@H]4[C@H](OC)C(C)=C[C@@H](C(=O)O1)[C@]34O)O2. The Bertz CT molecular complexity index is 1690. The van der Waals surface area contributed by atoms with E-state index < -0.39 is 90.6 Å². The summed E-state index contributed by atoms with van der Waals surface area (Å²) in [5.41, 5.74) is 0.146. The minimum Gasteiger partial charge on any atom is -0.494 e. The lowest BCUT2D eigenvalue weighted by Gasteiger charge is -2.51. The van der Waals surface area contributed by atoms with E-state index in [-0.39, 0.29) is 30.8 Å². The van der Waals surface area contributed by atoms with Crippen LogP contribution in [0.2, 0.25) is 0 Å². The molecule has 63 heavy (non-hydrogen) atoms. The summed E-state index contributed by atoms with van der Waals surface area (Å²) in [6.45, 7) is 16.7. The Morgan fingerprint density at radius 1 is 0.889 bits per heavy atom. The minimum atomic E-state index is -1.70. The summed E-state index contributed by atoms with van der Waals surface area (Å²) in [4.78, 5) is 14.5. The Morgan fingerprint density at radius 3 is 2.32 bits per heavy atom. The molecule has 2 N–H and O–H groups in total. The molecule has 0 saturated carbocycles. The third kappa shape index (κ3) is 10.1. The van der Waals surface area contributed by atoms with Crippen molar-refractivity contribution < 1.29 is 67.1 Å². The van der Waals surface area contributed by atoms with Crippen LogP contribution in [0.3, 0.4) is 0 Å². The maximum Gasteiger partial charge on any atom is 0.316 e. The molecule has 5 saturated heterocycles. The molecule has 7 rings (SSSR count). The standard InChI is InChI=1S/C49H76O14/c1-12-26(2)44-29(5)18-19-48(63-44)24-34-21-33(62-48)17-16-28(4)43(60-41-23-38(54-10)46(32(8)58-41)61-40-22-37(53-9)42(50)31(7)57-40)27(3)14-13-15-39-49(52)35(47(51)59-34)20-30(6)45(55-11)36(49)25-56-39/h13-16,20,26-27,29,31-38,40-46,50,52H,12,17-19,21-25H2,1-11H3/t26-,27-,29-,31-,32-,33+,34-,35-,36+,37-,38-,40-,41-,42-,43-,44+,45+,46-,48+,49+/m0/s1. The summed E-state index contributed by atoms with van der Waals surface area (Å²) in [6.07, 6.45) is 8.63. The highest BCUT2D eigenvalue weighted by molar-refractivity contribution is 5.78. The van der Waals surface area contributed by atoms with Gasteiger partial charge in [-0.25, -0.2) is 0 Å². The number of allylic oxidation sites excluding steroid dienone is 2. The van der Waals surface area contributed by atoms with Crippen molar-refractivity contribution in [2.75, 3.05) is 27.9 Å². The summed E-state index contributed by atoms with van der Waals surface area (Å²) in [5.74, 6) is -2.13. The second kappa shape index (κ2) is 20.3. The van der Waals surface area contributed by atoms with Gasteiger partial charge in [0.15, 0.2) is 18.4 Å². The largest absolute Gasteiger partial charge is 0.494 e. The average molecular weight is 889 g/mol. The van der Waals surface area contributed by atoms with Gasteiger partial charge in [-0.05, 0) is 69.6 Å². The number of methoxy groups -OCH3 is 3. The van der Waals surface area contributed by atoms with Crippen LogP contribution in [-0.2, 0) is 56.9 Å². The molecule has 7 aliphatic rings. The molecule has 6 aliphatic heterocycles. The van der Waals surface area contributed by atoms with Crippen molar-refractivity contribution in [3.05, 3.63) is 47.3 Å². The zero-order chi connectivity index (χ0) is 45.4. The van der Waals surface area contributed by atoms with Crippen molar-refractivity contribution in [1.82, 2.24) is 0 Å². The topological polar surface area (TPSA) is 159 Å². The number of carbonyl (C=O) groups is 1. The van der Waals surface area contributed by atoms with Crippen LogP contribution in [0.1, 0.15) is 107 Å². The van der Waals surface area contributed by atoms with E-state index in [4.69, 9.17) is 52.1 Å². The number of hydrogen-bond donors (Lipinski definition) is 2. The molecule has 0 aromatic rings. The Hall–Kier alpha value is -2.21. The molecule has 20 atom stereocenters. The van der Waals surface area contributed by atoms with E-state index in [1.807, 2.05) is 32.9 Å². The molecular weight excluding hydrogens is 813 g/mol. The highest BCUT2D eigenvalue weighted by atomic mass is 16.7. The van der Waals surface area contributed by atoms with E-state index in [2.05, 4.69) is 40.7 Å². The zero-order valence-electron chi connectivity index (χ0n) is 39.4. The predicted molar refractivity (Wildman–Crippen MR) is 232 cm³/mol. The number of ether oxygens (including phenoxy) is 11. The number of fused-ring (bicyclic) bond motifs is 2. The van der Waals surface area contributed by atoms with Gasteiger partial charge in [0.05, 0.1) is 61.4 Å². The Morgan fingerprint density at radius 2 is 1.60 bits per heavy atom. The van der Waals surface area contributed by atoms with Gasteiger partial charge in [0.2, 0.25) is 0 Å². The molecule has 6 heterocycles. The number of carbonyl (C=O) groups excluding carboxylic acids is 1. The number of esters is 1. The van der Waals surface area contributed by atoms with Crippen LogP contribution >= 0.6 is 0 Å². The molecule has 14 nitrogen and oxygen atoms in total. The van der Waals surface area contributed by atoms with Gasteiger partial charge in [0.25, 0.3) is 0 Å². The lowest BCUT2D eigenvalue weighted by Crippen LogP contribution is -2.57. The molecule has 1 spiro atoms. The molecule has 0 aromatic carbocycles. The third-order valence-electron chi connectivity index (χ3n) is 15.2. The summed E-state index contributed by atoms with van der Waals surface area (Å²) in [5, 5.41) is 23.3. The normalized spacial score (nSPS) is 46.5. The molecule has 1 aliphatic carbocycles. The number of hydrogen-bond acceptors (Lipinski definition) is 14. The van der Waals surface area contributed by atoms with E-state index in [0.29, 0.717) is 56.1 Å². The first-order valence-electron chi connectivity index (χ1n) is 23.6. The van der Waals surface area contributed by atoms with E-state index in [1.54, 1.807) is 33.5 Å². The molecule has 0 amide bonds. The molecule has 5 fully saturated rings. The van der Waals surface area contributed by atoms with Crippen molar-refractivity contribution >= 4 is 5.97 Å². The summed E-state index contributed by atoms with van der Waals surface area (Å²) in [6, 6.07) is 0.